The zero-order valence-corrected chi connectivity index (χ0v) is 17.0. The fourth-order valence-corrected chi connectivity index (χ4v) is 3.62. The molecule has 0 N–H and O–H groups in total. The smallest absolute Gasteiger partial charge is 0.226 e. The first-order valence-electron chi connectivity index (χ1n) is 9.96. The minimum atomic E-state index is -0.652. The van der Waals surface area contributed by atoms with Gasteiger partial charge in [-0.2, -0.15) is 0 Å². The maximum Gasteiger partial charge on any atom is 0.226 e. The number of benzene rings is 2. The quantitative estimate of drug-likeness (QED) is 0.569. The summed E-state index contributed by atoms with van der Waals surface area (Å²) in [4.78, 5) is 6.76. The summed E-state index contributed by atoms with van der Waals surface area (Å²) in [7, 11) is 1.64. The first-order chi connectivity index (χ1) is 14.5. The van der Waals surface area contributed by atoms with Gasteiger partial charge in [0.1, 0.15) is 35.0 Å². The molecule has 2 heterocycles. The summed E-state index contributed by atoms with van der Waals surface area (Å²) in [5.41, 5.74) is 1.08. The lowest BCUT2D eigenvalue weighted by Gasteiger charge is -2.31. The number of piperidine rings is 1. The molecule has 1 fully saturated rings. The molecular formula is C23H24F2N2O3. The van der Waals surface area contributed by atoms with E-state index >= 15 is 0 Å². The highest BCUT2D eigenvalue weighted by Gasteiger charge is 2.23. The molecule has 158 valence electrons. The summed E-state index contributed by atoms with van der Waals surface area (Å²) in [6.07, 6.45) is 1.98. The number of likely N-dealkylation sites (tertiary alicyclic amines) is 1. The Labute approximate surface area is 174 Å². The molecule has 0 amide bonds. The number of oxazole rings is 1. The van der Waals surface area contributed by atoms with Gasteiger partial charge in [-0.15, -0.1) is 0 Å². The van der Waals surface area contributed by atoms with Crippen LogP contribution in [0.1, 0.15) is 24.3 Å². The molecule has 0 saturated carbocycles. The van der Waals surface area contributed by atoms with Crippen molar-refractivity contribution in [2.45, 2.75) is 32.4 Å². The molecule has 0 aliphatic carbocycles. The number of aryl methyl sites for hydroxylation is 1. The summed E-state index contributed by atoms with van der Waals surface area (Å²) < 4.78 is 43.9. The molecule has 1 aliphatic heterocycles. The normalized spacial score (nSPS) is 15.3. The van der Waals surface area contributed by atoms with E-state index in [4.69, 9.17) is 13.9 Å². The Morgan fingerprint density at radius 3 is 2.30 bits per heavy atom. The fourth-order valence-electron chi connectivity index (χ4n) is 3.62. The van der Waals surface area contributed by atoms with Crippen LogP contribution >= 0.6 is 0 Å². The van der Waals surface area contributed by atoms with E-state index in [1.54, 1.807) is 7.11 Å². The molecule has 7 heteroatoms. The molecule has 3 aromatic rings. The third kappa shape index (κ3) is 4.79. The van der Waals surface area contributed by atoms with Crippen LogP contribution in [0, 0.1) is 18.6 Å². The molecule has 0 spiro atoms. The predicted octanol–water partition coefficient (Wildman–Crippen LogP) is 4.98. The van der Waals surface area contributed by atoms with Gasteiger partial charge >= 0.3 is 0 Å². The number of nitrogens with zero attached hydrogens (tertiary/aromatic N) is 2. The van der Waals surface area contributed by atoms with E-state index in [-0.39, 0.29) is 12.0 Å². The first-order valence-corrected chi connectivity index (χ1v) is 9.96. The van der Waals surface area contributed by atoms with Crippen molar-refractivity contribution in [3.8, 4) is 23.0 Å². The predicted molar refractivity (Wildman–Crippen MR) is 109 cm³/mol. The van der Waals surface area contributed by atoms with Gasteiger partial charge in [-0.05, 0) is 56.2 Å². The molecule has 0 atom stereocenters. The molecule has 4 rings (SSSR count). The van der Waals surface area contributed by atoms with Crippen molar-refractivity contribution >= 4 is 0 Å². The van der Waals surface area contributed by atoms with Crippen LogP contribution in [0.2, 0.25) is 0 Å². The van der Waals surface area contributed by atoms with E-state index < -0.39 is 11.6 Å². The molecule has 1 aromatic heterocycles. The largest absolute Gasteiger partial charge is 0.497 e. The van der Waals surface area contributed by atoms with Crippen LogP contribution in [-0.4, -0.2) is 36.2 Å². The molecular weight excluding hydrogens is 390 g/mol. The maximum absolute atomic E-state index is 13.5. The van der Waals surface area contributed by atoms with Crippen molar-refractivity contribution < 1.29 is 22.7 Å². The lowest BCUT2D eigenvalue weighted by molar-refractivity contribution is 0.0959. The third-order valence-electron chi connectivity index (χ3n) is 5.27. The molecule has 0 unspecified atom stereocenters. The zero-order chi connectivity index (χ0) is 21.1. The summed E-state index contributed by atoms with van der Waals surface area (Å²) in [6, 6.07) is 10.9. The molecule has 2 aromatic carbocycles. The summed E-state index contributed by atoms with van der Waals surface area (Å²) in [5, 5.41) is 0. The lowest BCUT2D eigenvalue weighted by Crippen LogP contribution is -2.38. The average molecular weight is 414 g/mol. The Morgan fingerprint density at radius 2 is 1.67 bits per heavy atom. The van der Waals surface area contributed by atoms with Gasteiger partial charge in [0, 0.05) is 31.3 Å². The van der Waals surface area contributed by atoms with Crippen molar-refractivity contribution in [2.24, 2.45) is 0 Å². The number of rotatable bonds is 6. The molecule has 5 nitrogen and oxygen atoms in total. The second-order valence-corrected chi connectivity index (χ2v) is 7.45. The second kappa shape index (κ2) is 8.83. The van der Waals surface area contributed by atoms with Crippen LogP contribution in [0.4, 0.5) is 8.78 Å². The number of methoxy groups -OCH3 is 1. The number of hydrogen-bond acceptors (Lipinski definition) is 5. The van der Waals surface area contributed by atoms with Gasteiger partial charge in [0.2, 0.25) is 5.89 Å². The van der Waals surface area contributed by atoms with Crippen LogP contribution in [0.25, 0.3) is 11.5 Å². The Hall–Kier alpha value is -2.93. The maximum atomic E-state index is 13.5. The fraction of sp³-hybridized carbons (Fsp3) is 0.348. The Balaban J connectivity index is 1.34. The summed E-state index contributed by atoms with van der Waals surface area (Å²) in [6.45, 7) is 4.19. The summed E-state index contributed by atoms with van der Waals surface area (Å²) >= 11 is 0. The van der Waals surface area contributed by atoms with Crippen molar-refractivity contribution in [3.63, 3.8) is 0 Å². The average Bonchev–Trinajstić information content (AvgIpc) is 3.10. The molecule has 0 radical (unpaired) electrons. The zero-order valence-electron chi connectivity index (χ0n) is 17.0. The topological polar surface area (TPSA) is 47.7 Å². The standard InChI is InChI=1S/C23H24F2N2O3/c1-15-22(26-23(29-15)16-11-17(24)13-18(25)12-16)14-27-9-7-21(8-10-27)30-20-5-3-19(28-2)4-6-20/h3-6,11-13,21H,7-10,14H2,1-2H3. The van der Waals surface area contributed by atoms with Gasteiger partial charge in [-0.25, -0.2) is 13.8 Å². The van der Waals surface area contributed by atoms with Crippen molar-refractivity contribution in [3.05, 3.63) is 65.6 Å². The van der Waals surface area contributed by atoms with Crippen LogP contribution in [0.15, 0.2) is 46.9 Å². The summed E-state index contributed by atoms with van der Waals surface area (Å²) in [5.74, 6) is 1.24. The van der Waals surface area contributed by atoms with Gasteiger partial charge in [0.25, 0.3) is 0 Å². The second-order valence-electron chi connectivity index (χ2n) is 7.45. The molecule has 1 aliphatic rings. The Bertz CT molecular complexity index is 976. The number of halogens is 2. The number of hydrogen-bond donors (Lipinski definition) is 0. The van der Waals surface area contributed by atoms with Crippen LogP contribution in [-0.2, 0) is 6.54 Å². The van der Waals surface area contributed by atoms with Crippen molar-refractivity contribution in [1.82, 2.24) is 9.88 Å². The Morgan fingerprint density at radius 1 is 1.03 bits per heavy atom. The Kier molecular flexibility index (Phi) is 5.99. The van der Waals surface area contributed by atoms with Crippen LogP contribution in [0.3, 0.4) is 0 Å². The highest BCUT2D eigenvalue weighted by molar-refractivity contribution is 5.53. The van der Waals surface area contributed by atoms with E-state index in [0.717, 1.165) is 49.2 Å². The van der Waals surface area contributed by atoms with E-state index in [0.29, 0.717) is 17.9 Å². The highest BCUT2D eigenvalue weighted by atomic mass is 19.1. The number of ether oxygens (including phenoxy) is 2. The van der Waals surface area contributed by atoms with E-state index in [9.17, 15) is 8.78 Å². The molecule has 0 bridgehead atoms. The van der Waals surface area contributed by atoms with Crippen molar-refractivity contribution in [1.29, 1.82) is 0 Å². The molecule has 1 saturated heterocycles. The van der Waals surface area contributed by atoms with E-state index in [1.165, 1.54) is 12.1 Å². The van der Waals surface area contributed by atoms with Crippen molar-refractivity contribution in [2.75, 3.05) is 20.2 Å². The van der Waals surface area contributed by atoms with Crippen LogP contribution in [0.5, 0.6) is 11.5 Å². The SMILES string of the molecule is COc1ccc(OC2CCN(Cc3nc(-c4cc(F)cc(F)c4)oc3C)CC2)cc1. The lowest BCUT2D eigenvalue weighted by atomic mass is 10.1. The van der Waals surface area contributed by atoms with Gasteiger partial charge in [0.15, 0.2) is 0 Å². The van der Waals surface area contributed by atoms with Crippen LogP contribution < -0.4 is 9.47 Å². The van der Waals surface area contributed by atoms with Gasteiger partial charge in [-0.3, -0.25) is 4.90 Å². The van der Waals surface area contributed by atoms with Gasteiger partial charge in [-0.1, -0.05) is 0 Å². The van der Waals surface area contributed by atoms with E-state index in [2.05, 4.69) is 9.88 Å². The minimum Gasteiger partial charge on any atom is -0.497 e. The minimum absolute atomic E-state index is 0.166. The highest BCUT2D eigenvalue weighted by Crippen LogP contribution is 2.26. The first kappa shape index (κ1) is 20.3. The number of aromatic nitrogens is 1. The van der Waals surface area contributed by atoms with E-state index in [1.807, 2.05) is 31.2 Å². The monoisotopic (exact) mass is 414 g/mol. The molecule has 30 heavy (non-hydrogen) atoms. The van der Waals surface area contributed by atoms with Gasteiger partial charge in [0.05, 0.1) is 12.8 Å². The third-order valence-corrected chi connectivity index (χ3v) is 5.27. The van der Waals surface area contributed by atoms with Gasteiger partial charge < -0.3 is 13.9 Å².